The zero-order valence-electron chi connectivity index (χ0n) is 12.5. The fourth-order valence-electron chi connectivity index (χ4n) is 3.97. The van der Waals surface area contributed by atoms with Crippen LogP contribution in [-0.4, -0.2) is 47.8 Å². The van der Waals surface area contributed by atoms with Crippen molar-refractivity contribution in [3.8, 4) is 0 Å². The van der Waals surface area contributed by atoms with E-state index in [9.17, 15) is 9.59 Å². The second kappa shape index (κ2) is 4.64. The summed E-state index contributed by atoms with van der Waals surface area (Å²) in [6.45, 7) is 0.0541. The van der Waals surface area contributed by atoms with Crippen molar-refractivity contribution in [2.24, 2.45) is 5.73 Å². The Hall–Kier alpha value is -2.71. The number of anilines is 1. The molecule has 0 spiro atoms. The van der Waals surface area contributed by atoms with Crippen LogP contribution in [0.25, 0.3) is 11.2 Å². The Morgan fingerprint density at radius 2 is 2.00 bits per heavy atom. The molecule has 9 nitrogen and oxygen atoms in total. The van der Waals surface area contributed by atoms with Gasteiger partial charge in [0, 0.05) is 6.04 Å². The minimum atomic E-state index is -0.813. The Kier molecular flexibility index (Phi) is 2.81. The molecule has 2 amide bonds. The quantitative estimate of drug-likeness (QED) is 0.778. The molecule has 4 rings (SSSR count). The molecule has 2 bridgehead atoms. The molecule has 0 aromatic carbocycles. The number of fused-ring (bicyclic) bond motifs is 3. The standard InChI is InChI=1S/C14H17N7O2/c15-11-10-12(18-6-17-11)20(7-19-10)5-9(22)21-8-1-3-14(21,4-2-8)13(16)23/h6-8H,1-5H2,(H2,16,23)(H2,15,17,18). The van der Waals surface area contributed by atoms with E-state index in [4.69, 9.17) is 11.5 Å². The summed E-state index contributed by atoms with van der Waals surface area (Å²) in [5, 5.41) is 0. The van der Waals surface area contributed by atoms with E-state index < -0.39 is 11.4 Å². The number of nitrogens with zero attached hydrogens (tertiary/aromatic N) is 5. The zero-order valence-corrected chi connectivity index (χ0v) is 12.5. The molecule has 2 fully saturated rings. The van der Waals surface area contributed by atoms with Gasteiger partial charge in [-0.2, -0.15) is 0 Å². The SMILES string of the molecule is NC(=O)C12CCC(CC1)N2C(=O)Cn1cnc2c(N)ncnc21. The van der Waals surface area contributed by atoms with Gasteiger partial charge >= 0.3 is 0 Å². The van der Waals surface area contributed by atoms with Crippen molar-refractivity contribution in [3.63, 3.8) is 0 Å². The highest BCUT2D eigenvalue weighted by molar-refractivity contribution is 5.92. The number of hydrogen-bond acceptors (Lipinski definition) is 6. The topological polar surface area (TPSA) is 133 Å². The third-order valence-corrected chi connectivity index (χ3v) is 5.07. The van der Waals surface area contributed by atoms with Gasteiger partial charge in [0.05, 0.1) is 6.33 Å². The molecule has 2 aliphatic rings. The molecular formula is C14H17N7O2. The Balaban J connectivity index is 1.65. The van der Waals surface area contributed by atoms with Gasteiger partial charge in [-0.25, -0.2) is 15.0 Å². The highest BCUT2D eigenvalue weighted by Gasteiger charge is 2.57. The number of rotatable bonds is 3. The summed E-state index contributed by atoms with van der Waals surface area (Å²) >= 11 is 0. The van der Waals surface area contributed by atoms with E-state index in [0.717, 1.165) is 12.8 Å². The van der Waals surface area contributed by atoms with Crippen molar-refractivity contribution in [2.45, 2.75) is 43.8 Å². The van der Waals surface area contributed by atoms with Crippen LogP contribution >= 0.6 is 0 Å². The fourth-order valence-corrected chi connectivity index (χ4v) is 3.97. The van der Waals surface area contributed by atoms with Gasteiger partial charge in [0.25, 0.3) is 0 Å². The van der Waals surface area contributed by atoms with Gasteiger partial charge in [0.1, 0.15) is 23.9 Å². The monoisotopic (exact) mass is 315 g/mol. The van der Waals surface area contributed by atoms with Crippen LogP contribution in [0.2, 0.25) is 0 Å². The van der Waals surface area contributed by atoms with E-state index >= 15 is 0 Å². The van der Waals surface area contributed by atoms with E-state index in [1.165, 1.54) is 12.7 Å². The molecule has 0 atom stereocenters. The summed E-state index contributed by atoms with van der Waals surface area (Å²) in [4.78, 5) is 38.6. The van der Waals surface area contributed by atoms with Crippen molar-refractivity contribution < 1.29 is 9.59 Å². The third-order valence-electron chi connectivity index (χ3n) is 5.07. The van der Waals surface area contributed by atoms with Crippen molar-refractivity contribution >= 4 is 28.8 Å². The third kappa shape index (κ3) is 1.82. The second-order valence-electron chi connectivity index (χ2n) is 6.19. The van der Waals surface area contributed by atoms with Gasteiger partial charge < -0.3 is 20.9 Å². The van der Waals surface area contributed by atoms with Crippen LogP contribution in [0.4, 0.5) is 5.82 Å². The number of amides is 2. The average Bonchev–Trinajstić information content (AvgIpc) is 3.20. The number of carbonyl (C=O) groups excluding carboxylic acids is 2. The molecule has 2 aliphatic heterocycles. The van der Waals surface area contributed by atoms with E-state index in [0.29, 0.717) is 24.0 Å². The first-order valence-electron chi connectivity index (χ1n) is 7.56. The van der Waals surface area contributed by atoms with Crippen LogP contribution in [0.3, 0.4) is 0 Å². The average molecular weight is 315 g/mol. The van der Waals surface area contributed by atoms with Gasteiger partial charge in [-0.1, -0.05) is 0 Å². The lowest BCUT2D eigenvalue weighted by atomic mass is 9.87. The Labute approximate surface area is 131 Å². The van der Waals surface area contributed by atoms with E-state index in [-0.39, 0.29) is 24.3 Å². The normalized spacial score (nSPS) is 26.1. The van der Waals surface area contributed by atoms with Gasteiger partial charge in [-0.15, -0.1) is 0 Å². The highest BCUT2D eigenvalue weighted by atomic mass is 16.2. The largest absolute Gasteiger partial charge is 0.382 e. The molecule has 0 saturated carbocycles. The number of aromatic nitrogens is 4. The van der Waals surface area contributed by atoms with Crippen molar-refractivity contribution in [2.75, 3.05) is 5.73 Å². The second-order valence-corrected chi connectivity index (χ2v) is 6.19. The van der Waals surface area contributed by atoms with Gasteiger partial charge in [0.15, 0.2) is 11.5 Å². The first kappa shape index (κ1) is 13.9. The number of primary amides is 1. The lowest BCUT2D eigenvalue weighted by Gasteiger charge is -2.32. The van der Waals surface area contributed by atoms with Gasteiger partial charge in [-0.3, -0.25) is 9.59 Å². The van der Waals surface area contributed by atoms with Crippen molar-refractivity contribution in [1.82, 2.24) is 24.4 Å². The predicted molar refractivity (Wildman–Crippen MR) is 80.8 cm³/mol. The summed E-state index contributed by atoms with van der Waals surface area (Å²) < 4.78 is 1.63. The number of imidazole rings is 1. The molecule has 0 radical (unpaired) electrons. The van der Waals surface area contributed by atoms with Crippen LogP contribution in [0.15, 0.2) is 12.7 Å². The maximum absolute atomic E-state index is 12.8. The number of carbonyl (C=O) groups is 2. The van der Waals surface area contributed by atoms with E-state index in [1.54, 1.807) is 9.47 Å². The molecule has 9 heteroatoms. The molecule has 2 aromatic rings. The lowest BCUT2D eigenvalue weighted by molar-refractivity contribution is -0.143. The van der Waals surface area contributed by atoms with Crippen LogP contribution in [0, 0.1) is 0 Å². The number of hydrogen-bond donors (Lipinski definition) is 2. The fraction of sp³-hybridized carbons (Fsp3) is 0.500. The summed E-state index contributed by atoms with van der Waals surface area (Å²) in [7, 11) is 0. The minimum absolute atomic E-state index is 0.0541. The molecule has 23 heavy (non-hydrogen) atoms. The minimum Gasteiger partial charge on any atom is -0.382 e. The highest BCUT2D eigenvalue weighted by Crippen LogP contribution is 2.46. The molecule has 0 unspecified atom stereocenters. The van der Waals surface area contributed by atoms with Crippen molar-refractivity contribution in [3.05, 3.63) is 12.7 Å². The molecule has 0 aliphatic carbocycles. The Morgan fingerprint density at radius 3 is 2.70 bits per heavy atom. The Morgan fingerprint density at radius 1 is 1.26 bits per heavy atom. The van der Waals surface area contributed by atoms with E-state index in [1.807, 2.05) is 0 Å². The molecular weight excluding hydrogens is 298 g/mol. The number of nitrogens with two attached hydrogens (primary N) is 2. The number of nitrogen functional groups attached to an aromatic ring is 1. The molecule has 4 heterocycles. The summed E-state index contributed by atoms with van der Waals surface area (Å²) in [6, 6.07) is 0.101. The molecule has 2 aromatic heterocycles. The summed E-state index contributed by atoms with van der Waals surface area (Å²) in [5.41, 5.74) is 11.5. The van der Waals surface area contributed by atoms with Gasteiger partial charge in [-0.05, 0) is 25.7 Å². The smallest absolute Gasteiger partial charge is 0.243 e. The summed E-state index contributed by atoms with van der Waals surface area (Å²) in [6.07, 6.45) is 5.81. The maximum Gasteiger partial charge on any atom is 0.243 e. The first-order valence-corrected chi connectivity index (χ1v) is 7.56. The maximum atomic E-state index is 12.8. The Bertz CT molecular complexity index is 807. The van der Waals surface area contributed by atoms with Crippen LogP contribution in [0.1, 0.15) is 25.7 Å². The van der Waals surface area contributed by atoms with Crippen LogP contribution in [-0.2, 0) is 16.1 Å². The zero-order chi connectivity index (χ0) is 16.2. The molecule has 120 valence electrons. The molecule has 4 N–H and O–H groups in total. The van der Waals surface area contributed by atoms with Crippen molar-refractivity contribution in [1.29, 1.82) is 0 Å². The first-order chi connectivity index (χ1) is 11.0. The van der Waals surface area contributed by atoms with E-state index in [2.05, 4.69) is 15.0 Å². The van der Waals surface area contributed by atoms with Gasteiger partial charge in [0.2, 0.25) is 11.8 Å². The summed E-state index contributed by atoms with van der Waals surface area (Å²) in [5.74, 6) is -0.274. The van der Waals surface area contributed by atoms with Crippen LogP contribution in [0.5, 0.6) is 0 Å². The predicted octanol–water partition coefficient (Wildman–Crippen LogP) is -0.583. The van der Waals surface area contributed by atoms with Crippen LogP contribution < -0.4 is 11.5 Å². The lowest BCUT2D eigenvalue weighted by Crippen LogP contribution is -2.54. The molecule has 2 saturated heterocycles.